The number of thiazole rings is 1. The SMILES string of the molecule is COc1ccc(OCC(=O)N(CCCN(C)C)c2nc3ccc(F)cc3s2)cc1.Cl. The molecule has 0 aliphatic rings. The number of hydrogen-bond donors (Lipinski definition) is 0. The number of ether oxygens (including phenoxy) is 2. The van der Waals surface area contributed by atoms with Crippen LogP contribution in [0.3, 0.4) is 0 Å². The van der Waals surface area contributed by atoms with Crippen LogP contribution in [0.5, 0.6) is 11.5 Å². The molecule has 0 fully saturated rings. The van der Waals surface area contributed by atoms with E-state index in [0.29, 0.717) is 27.6 Å². The van der Waals surface area contributed by atoms with Gasteiger partial charge in [-0.05, 0) is 69.5 Å². The van der Waals surface area contributed by atoms with E-state index in [2.05, 4.69) is 9.88 Å². The molecular weight excluding hydrogens is 429 g/mol. The highest BCUT2D eigenvalue weighted by Crippen LogP contribution is 2.29. The first-order valence-corrected chi connectivity index (χ1v) is 10.1. The first-order chi connectivity index (χ1) is 14.0. The van der Waals surface area contributed by atoms with Crippen molar-refractivity contribution in [1.29, 1.82) is 0 Å². The molecule has 1 amide bonds. The summed E-state index contributed by atoms with van der Waals surface area (Å²) in [6, 6.07) is 11.5. The van der Waals surface area contributed by atoms with Crippen LogP contribution in [-0.2, 0) is 4.79 Å². The van der Waals surface area contributed by atoms with Crippen molar-refractivity contribution >= 4 is 45.0 Å². The van der Waals surface area contributed by atoms with Crippen molar-refractivity contribution in [3.8, 4) is 11.5 Å². The maximum absolute atomic E-state index is 13.5. The van der Waals surface area contributed by atoms with Gasteiger partial charge in [0.15, 0.2) is 11.7 Å². The van der Waals surface area contributed by atoms with E-state index >= 15 is 0 Å². The number of aromatic nitrogens is 1. The van der Waals surface area contributed by atoms with Crippen LogP contribution in [0, 0.1) is 5.82 Å². The highest BCUT2D eigenvalue weighted by molar-refractivity contribution is 7.22. The van der Waals surface area contributed by atoms with Crippen molar-refractivity contribution in [2.45, 2.75) is 6.42 Å². The van der Waals surface area contributed by atoms with Crippen LogP contribution in [0.15, 0.2) is 42.5 Å². The Labute approximate surface area is 185 Å². The molecule has 0 atom stereocenters. The van der Waals surface area contributed by atoms with E-state index in [4.69, 9.17) is 9.47 Å². The Balaban J connectivity index is 0.00000320. The average molecular weight is 454 g/mol. The smallest absolute Gasteiger partial charge is 0.266 e. The predicted octanol–water partition coefficient (Wildman–Crippen LogP) is 4.23. The zero-order chi connectivity index (χ0) is 20.8. The number of rotatable bonds is 9. The zero-order valence-electron chi connectivity index (χ0n) is 17.1. The molecule has 1 aromatic heterocycles. The van der Waals surface area contributed by atoms with E-state index in [1.165, 1.54) is 23.5 Å². The Bertz CT molecular complexity index is 966. The summed E-state index contributed by atoms with van der Waals surface area (Å²) in [7, 11) is 5.56. The van der Waals surface area contributed by atoms with Gasteiger partial charge in [0, 0.05) is 6.54 Å². The van der Waals surface area contributed by atoms with E-state index in [0.717, 1.165) is 18.7 Å². The Morgan fingerprint density at radius 2 is 1.80 bits per heavy atom. The highest BCUT2D eigenvalue weighted by Gasteiger charge is 2.20. The summed E-state index contributed by atoms with van der Waals surface area (Å²) < 4.78 is 25.0. The fourth-order valence-corrected chi connectivity index (χ4v) is 3.80. The first-order valence-electron chi connectivity index (χ1n) is 9.24. The normalized spacial score (nSPS) is 10.7. The zero-order valence-corrected chi connectivity index (χ0v) is 18.8. The van der Waals surface area contributed by atoms with Gasteiger partial charge >= 0.3 is 0 Å². The van der Waals surface area contributed by atoms with E-state index in [1.807, 2.05) is 14.1 Å². The lowest BCUT2D eigenvalue weighted by atomic mass is 10.3. The average Bonchev–Trinajstić information content (AvgIpc) is 3.12. The third kappa shape index (κ3) is 6.29. The van der Waals surface area contributed by atoms with Gasteiger partial charge in [-0.25, -0.2) is 9.37 Å². The van der Waals surface area contributed by atoms with E-state index in [1.54, 1.807) is 42.3 Å². The maximum atomic E-state index is 13.5. The molecule has 0 N–H and O–H groups in total. The summed E-state index contributed by atoms with van der Waals surface area (Å²) in [5, 5.41) is 0.549. The number of anilines is 1. The van der Waals surface area contributed by atoms with Gasteiger partial charge in [-0.15, -0.1) is 12.4 Å². The summed E-state index contributed by atoms with van der Waals surface area (Å²) in [6.07, 6.45) is 0.783. The molecule has 0 unspecified atom stereocenters. The predicted molar refractivity (Wildman–Crippen MR) is 121 cm³/mol. The minimum absolute atomic E-state index is 0. The number of amides is 1. The fourth-order valence-electron chi connectivity index (χ4n) is 2.77. The van der Waals surface area contributed by atoms with Gasteiger partial charge < -0.3 is 14.4 Å². The molecule has 0 spiro atoms. The minimum Gasteiger partial charge on any atom is -0.497 e. The van der Waals surface area contributed by atoms with E-state index in [9.17, 15) is 9.18 Å². The number of carbonyl (C=O) groups is 1. The number of halogens is 2. The van der Waals surface area contributed by atoms with Crippen molar-refractivity contribution in [1.82, 2.24) is 9.88 Å². The second-order valence-electron chi connectivity index (χ2n) is 6.77. The van der Waals surface area contributed by atoms with Gasteiger partial charge in [0.2, 0.25) is 0 Å². The Morgan fingerprint density at radius 3 is 2.47 bits per heavy atom. The molecular formula is C21H25ClFN3O3S. The largest absolute Gasteiger partial charge is 0.497 e. The molecule has 3 aromatic rings. The van der Waals surface area contributed by atoms with Gasteiger partial charge in [-0.3, -0.25) is 9.69 Å². The third-order valence-electron chi connectivity index (χ3n) is 4.28. The third-order valence-corrected chi connectivity index (χ3v) is 5.32. The summed E-state index contributed by atoms with van der Waals surface area (Å²) in [6.45, 7) is 1.23. The molecule has 0 saturated heterocycles. The van der Waals surface area contributed by atoms with Crippen LogP contribution < -0.4 is 14.4 Å². The lowest BCUT2D eigenvalue weighted by Crippen LogP contribution is -2.36. The van der Waals surface area contributed by atoms with Crippen LogP contribution in [0.2, 0.25) is 0 Å². The minimum atomic E-state index is -0.318. The molecule has 0 radical (unpaired) electrons. The molecule has 0 aliphatic carbocycles. The topological polar surface area (TPSA) is 54.9 Å². The number of hydrogen-bond acceptors (Lipinski definition) is 6. The number of benzene rings is 2. The fraction of sp³-hybridized carbons (Fsp3) is 0.333. The number of methoxy groups -OCH3 is 1. The van der Waals surface area contributed by atoms with E-state index in [-0.39, 0.29) is 30.7 Å². The molecule has 162 valence electrons. The van der Waals surface area contributed by atoms with Gasteiger partial charge in [0.1, 0.15) is 17.3 Å². The second kappa shape index (κ2) is 11.1. The molecule has 2 aromatic carbocycles. The molecule has 0 saturated carbocycles. The molecule has 30 heavy (non-hydrogen) atoms. The van der Waals surface area contributed by atoms with Gasteiger partial charge in [-0.2, -0.15) is 0 Å². The molecule has 0 aliphatic heterocycles. The van der Waals surface area contributed by atoms with Crippen LogP contribution in [-0.4, -0.2) is 56.7 Å². The Hall–Kier alpha value is -2.42. The van der Waals surface area contributed by atoms with Crippen molar-refractivity contribution in [2.75, 3.05) is 45.8 Å². The molecule has 9 heteroatoms. The van der Waals surface area contributed by atoms with Gasteiger partial charge in [-0.1, -0.05) is 11.3 Å². The van der Waals surface area contributed by atoms with Crippen LogP contribution >= 0.6 is 23.7 Å². The van der Waals surface area contributed by atoms with Crippen molar-refractivity contribution in [3.05, 3.63) is 48.3 Å². The summed E-state index contributed by atoms with van der Waals surface area (Å²) in [4.78, 5) is 21.1. The lowest BCUT2D eigenvalue weighted by Gasteiger charge is -2.21. The van der Waals surface area contributed by atoms with Crippen molar-refractivity contribution in [3.63, 3.8) is 0 Å². The van der Waals surface area contributed by atoms with Crippen LogP contribution in [0.4, 0.5) is 9.52 Å². The summed E-state index contributed by atoms with van der Waals surface area (Å²) in [5.74, 6) is 0.787. The first kappa shape index (κ1) is 23.9. The quantitative estimate of drug-likeness (QED) is 0.485. The Kier molecular flexibility index (Phi) is 8.83. The maximum Gasteiger partial charge on any atom is 0.266 e. The number of fused-ring (bicyclic) bond motifs is 1. The van der Waals surface area contributed by atoms with Gasteiger partial charge in [0.25, 0.3) is 5.91 Å². The highest BCUT2D eigenvalue weighted by atomic mass is 35.5. The number of nitrogens with zero attached hydrogens (tertiary/aromatic N) is 3. The summed E-state index contributed by atoms with van der Waals surface area (Å²) >= 11 is 1.30. The molecule has 6 nitrogen and oxygen atoms in total. The molecule has 3 rings (SSSR count). The van der Waals surface area contributed by atoms with Crippen LogP contribution in [0.1, 0.15) is 6.42 Å². The molecule has 0 bridgehead atoms. The van der Waals surface area contributed by atoms with E-state index < -0.39 is 0 Å². The standard InChI is InChI=1S/C21H24FN3O3S.ClH/c1-24(2)11-4-12-25(21-23-18-10-5-15(22)13-19(18)29-21)20(26)14-28-17-8-6-16(27-3)7-9-17;/h5-10,13H,4,11-12,14H2,1-3H3;1H. The van der Waals surface area contributed by atoms with Gasteiger partial charge in [0.05, 0.1) is 17.3 Å². The number of carbonyl (C=O) groups excluding carboxylic acids is 1. The van der Waals surface area contributed by atoms with Crippen molar-refractivity contribution in [2.24, 2.45) is 0 Å². The van der Waals surface area contributed by atoms with Crippen molar-refractivity contribution < 1.29 is 18.7 Å². The van der Waals surface area contributed by atoms with Crippen LogP contribution in [0.25, 0.3) is 10.2 Å². The molecule has 1 heterocycles. The monoisotopic (exact) mass is 453 g/mol. The lowest BCUT2D eigenvalue weighted by molar-refractivity contribution is -0.120. The second-order valence-corrected chi connectivity index (χ2v) is 7.78. The Morgan fingerprint density at radius 1 is 1.10 bits per heavy atom. The summed E-state index contributed by atoms with van der Waals surface area (Å²) in [5.41, 5.74) is 0.674.